The summed E-state index contributed by atoms with van der Waals surface area (Å²) in [6.07, 6.45) is 1.27. The van der Waals surface area contributed by atoms with Crippen LogP contribution < -0.4 is 4.74 Å². The topological polar surface area (TPSA) is 9.23 Å². The van der Waals surface area contributed by atoms with Crippen molar-refractivity contribution in [2.24, 2.45) is 0 Å². The first kappa shape index (κ1) is 10.8. The van der Waals surface area contributed by atoms with Gasteiger partial charge in [-0.05, 0) is 37.0 Å². The van der Waals surface area contributed by atoms with Crippen LogP contribution in [0.2, 0.25) is 5.02 Å². The molecule has 1 heterocycles. The van der Waals surface area contributed by atoms with Gasteiger partial charge in [-0.25, -0.2) is 0 Å². The van der Waals surface area contributed by atoms with Crippen LogP contribution in [-0.2, 0) is 6.42 Å². The predicted molar refractivity (Wildman–Crippen MR) is 64.1 cm³/mol. The van der Waals surface area contributed by atoms with Crippen molar-refractivity contribution < 1.29 is 4.74 Å². The van der Waals surface area contributed by atoms with Crippen LogP contribution in [0.25, 0.3) is 0 Å². The second-order valence-corrected chi connectivity index (χ2v) is 5.07. The first-order valence-electron chi connectivity index (χ1n) is 5.49. The Balaban J connectivity index is 2.61. The molecule has 1 aliphatic heterocycles. The second kappa shape index (κ2) is 3.71. The Bertz CT molecular complexity index is 396. The highest BCUT2D eigenvalue weighted by Crippen LogP contribution is 2.41. The summed E-state index contributed by atoms with van der Waals surface area (Å²) in [4.78, 5) is 0. The van der Waals surface area contributed by atoms with Crippen LogP contribution in [0.1, 0.15) is 43.4 Å². The zero-order valence-electron chi connectivity index (χ0n) is 9.73. The number of hydrogen-bond donors (Lipinski definition) is 0. The Morgan fingerprint density at radius 3 is 2.73 bits per heavy atom. The van der Waals surface area contributed by atoms with E-state index >= 15 is 0 Å². The molecule has 0 spiro atoms. The molecule has 1 unspecified atom stereocenters. The number of fused-ring (bicyclic) bond motifs is 1. The summed E-state index contributed by atoms with van der Waals surface area (Å²) in [5, 5.41) is 0.871. The van der Waals surface area contributed by atoms with Crippen LogP contribution in [0.4, 0.5) is 0 Å². The highest BCUT2D eigenvalue weighted by Gasteiger charge is 2.26. The molecule has 0 saturated carbocycles. The quantitative estimate of drug-likeness (QED) is 0.698. The lowest BCUT2D eigenvalue weighted by molar-refractivity contribution is 0.252. The maximum absolute atomic E-state index is 6.23. The normalized spacial score (nSPS) is 19.2. The second-order valence-electron chi connectivity index (χ2n) is 4.67. The van der Waals surface area contributed by atoms with E-state index in [1.165, 1.54) is 16.7 Å². The number of benzene rings is 1. The number of halogens is 1. The lowest BCUT2D eigenvalue weighted by atomic mass is 9.95. The van der Waals surface area contributed by atoms with Crippen molar-refractivity contribution in [3.8, 4) is 5.75 Å². The van der Waals surface area contributed by atoms with E-state index < -0.39 is 0 Å². The molecule has 0 radical (unpaired) electrons. The van der Waals surface area contributed by atoms with Crippen molar-refractivity contribution in [3.05, 3.63) is 27.8 Å². The minimum Gasteiger partial charge on any atom is -0.490 e. The Labute approximate surface area is 96.4 Å². The molecule has 2 rings (SSSR count). The molecule has 1 aromatic rings. The number of rotatable bonds is 1. The summed E-state index contributed by atoms with van der Waals surface area (Å²) in [7, 11) is 0. The average Bonchev–Trinajstić information content (AvgIpc) is 2.53. The van der Waals surface area contributed by atoms with E-state index in [4.69, 9.17) is 16.3 Å². The molecule has 0 aromatic heterocycles. The van der Waals surface area contributed by atoms with Crippen LogP contribution in [0, 0.1) is 6.92 Å². The van der Waals surface area contributed by atoms with Gasteiger partial charge in [-0.2, -0.15) is 0 Å². The van der Waals surface area contributed by atoms with Crippen molar-refractivity contribution in [2.45, 2.75) is 46.1 Å². The van der Waals surface area contributed by atoms with Crippen molar-refractivity contribution >= 4 is 11.6 Å². The fraction of sp³-hybridized carbons (Fsp3) is 0.538. The highest BCUT2D eigenvalue weighted by atomic mass is 35.5. The summed E-state index contributed by atoms with van der Waals surface area (Å²) in [6.45, 7) is 8.53. The fourth-order valence-corrected chi connectivity index (χ4v) is 2.37. The minimum absolute atomic E-state index is 0.287. The van der Waals surface area contributed by atoms with Gasteiger partial charge in [0.25, 0.3) is 0 Å². The van der Waals surface area contributed by atoms with Gasteiger partial charge in [0.1, 0.15) is 11.9 Å². The number of ether oxygens (including phenoxy) is 1. The lowest BCUT2D eigenvalue weighted by Crippen LogP contribution is -2.06. The van der Waals surface area contributed by atoms with Gasteiger partial charge >= 0.3 is 0 Å². The van der Waals surface area contributed by atoms with Crippen molar-refractivity contribution in [3.63, 3.8) is 0 Å². The zero-order valence-corrected chi connectivity index (χ0v) is 10.5. The summed E-state index contributed by atoms with van der Waals surface area (Å²) in [5.41, 5.74) is 3.73. The summed E-state index contributed by atoms with van der Waals surface area (Å²) < 4.78 is 5.88. The first-order valence-corrected chi connectivity index (χ1v) is 5.87. The molecule has 0 fully saturated rings. The van der Waals surface area contributed by atoms with Gasteiger partial charge in [0.05, 0.1) is 0 Å². The Hall–Kier alpha value is -0.690. The van der Waals surface area contributed by atoms with Gasteiger partial charge in [0, 0.05) is 17.0 Å². The zero-order chi connectivity index (χ0) is 11.2. The molecule has 1 atom stereocenters. The molecule has 0 bridgehead atoms. The largest absolute Gasteiger partial charge is 0.490 e. The molecule has 1 nitrogen and oxygen atoms in total. The van der Waals surface area contributed by atoms with Crippen molar-refractivity contribution in [1.29, 1.82) is 0 Å². The fourth-order valence-electron chi connectivity index (χ4n) is 2.14. The van der Waals surface area contributed by atoms with Crippen LogP contribution in [0.5, 0.6) is 5.75 Å². The standard InChI is InChI=1S/C13H17ClO/c1-7(2)10-6-12(14)9(4)11-5-8(3)15-13(10)11/h6-8H,5H2,1-4H3. The molecule has 0 saturated heterocycles. The van der Waals surface area contributed by atoms with Gasteiger partial charge < -0.3 is 4.74 Å². The molecule has 1 aliphatic rings. The minimum atomic E-state index is 0.287. The van der Waals surface area contributed by atoms with E-state index in [1.54, 1.807) is 0 Å². The lowest BCUT2D eigenvalue weighted by Gasteiger charge is -2.14. The van der Waals surface area contributed by atoms with Crippen LogP contribution >= 0.6 is 11.6 Å². The maximum Gasteiger partial charge on any atom is 0.126 e. The van der Waals surface area contributed by atoms with Crippen LogP contribution in [-0.4, -0.2) is 6.10 Å². The van der Waals surface area contributed by atoms with Gasteiger partial charge in [-0.1, -0.05) is 25.4 Å². The molecular formula is C13H17ClO. The number of hydrogen-bond acceptors (Lipinski definition) is 1. The van der Waals surface area contributed by atoms with E-state index in [0.29, 0.717) is 5.92 Å². The van der Waals surface area contributed by atoms with E-state index in [0.717, 1.165) is 17.2 Å². The first-order chi connectivity index (χ1) is 7.00. The third-order valence-corrected chi connectivity index (χ3v) is 3.45. The third kappa shape index (κ3) is 1.74. The molecule has 82 valence electrons. The third-order valence-electron chi connectivity index (χ3n) is 3.06. The monoisotopic (exact) mass is 224 g/mol. The highest BCUT2D eigenvalue weighted by molar-refractivity contribution is 6.31. The van der Waals surface area contributed by atoms with Gasteiger partial charge in [0.2, 0.25) is 0 Å². The van der Waals surface area contributed by atoms with E-state index in [1.807, 2.05) is 0 Å². The Morgan fingerprint density at radius 1 is 1.47 bits per heavy atom. The molecular weight excluding hydrogens is 208 g/mol. The Kier molecular flexibility index (Phi) is 2.68. The molecule has 0 N–H and O–H groups in total. The smallest absolute Gasteiger partial charge is 0.126 e. The molecule has 0 amide bonds. The van der Waals surface area contributed by atoms with E-state index in [-0.39, 0.29) is 6.10 Å². The van der Waals surface area contributed by atoms with Crippen LogP contribution in [0.15, 0.2) is 6.07 Å². The molecule has 1 aromatic carbocycles. The van der Waals surface area contributed by atoms with Gasteiger partial charge in [0.15, 0.2) is 0 Å². The maximum atomic E-state index is 6.23. The molecule has 0 aliphatic carbocycles. The summed E-state index contributed by atoms with van der Waals surface area (Å²) in [6, 6.07) is 2.05. The average molecular weight is 225 g/mol. The van der Waals surface area contributed by atoms with E-state index in [9.17, 15) is 0 Å². The van der Waals surface area contributed by atoms with Crippen LogP contribution in [0.3, 0.4) is 0 Å². The molecule has 15 heavy (non-hydrogen) atoms. The predicted octanol–water partition coefficient (Wildman–Crippen LogP) is 4.10. The summed E-state index contributed by atoms with van der Waals surface area (Å²) in [5.74, 6) is 1.54. The molecule has 2 heteroatoms. The SMILES string of the molecule is Cc1c(Cl)cc(C(C)C)c2c1CC(C)O2. The van der Waals surface area contributed by atoms with Crippen molar-refractivity contribution in [2.75, 3.05) is 0 Å². The van der Waals surface area contributed by atoms with Gasteiger partial charge in [-0.15, -0.1) is 0 Å². The van der Waals surface area contributed by atoms with E-state index in [2.05, 4.69) is 33.8 Å². The summed E-state index contributed by atoms with van der Waals surface area (Å²) >= 11 is 6.23. The van der Waals surface area contributed by atoms with Gasteiger partial charge in [-0.3, -0.25) is 0 Å². The Morgan fingerprint density at radius 2 is 2.13 bits per heavy atom. The van der Waals surface area contributed by atoms with Crippen molar-refractivity contribution in [1.82, 2.24) is 0 Å².